The van der Waals surface area contributed by atoms with Gasteiger partial charge in [-0.15, -0.1) is 5.73 Å². The highest BCUT2D eigenvalue weighted by Crippen LogP contribution is 2.67. The van der Waals surface area contributed by atoms with E-state index in [-0.39, 0.29) is 16.6 Å². The third-order valence-corrected chi connectivity index (χ3v) is 8.44. The molecule has 0 heterocycles. The topological polar surface area (TPSA) is 37.3 Å². The summed E-state index contributed by atoms with van der Waals surface area (Å²) in [7, 11) is 0. The highest BCUT2D eigenvalue weighted by molar-refractivity contribution is 6.32. The molecular formula is C22H27ClO2. The van der Waals surface area contributed by atoms with Crippen LogP contribution in [0.3, 0.4) is 0 Å². The van der Waals surface area contributed by atoms with Crippen molar-refractivity contribution in [3.63, 3.8) is 0 Å². The maximum atomic E-state index is 11.9. The molecule has 4 rings (SSSR count). The summed E-state index contributed by atoms with van der Waals surface area (Å²) in [6.45, 7) is 8.22. The molecule has 0 unspecified atom stereocenters. The lowest BCUT2D eigenvalue weighted by atomic mass is 9.48. The number of allylic oxidation sites excluding steroid dienone is 4. The van der Waals surface area contributed by atoms with Crippen LogP contribution in [0.25, 0.3) is 0 Å². The fourth-order valence-electron chi connectivity index (χ4n) is 6.53. The second-order valence-corrected chi connectivity index (χ2v) is 9.42. The molecular weight excluding hydrogens is 332 g/mol. The maximum absolute atomic E-state index is 11.9. The Kier molecular flexibility index (Phi) is 3.79. The van der Waals surface area contributed by atoms with Gasteiger partial charge in [0.1, 0.15) is 0 Å². The Labute approximate surface area is 155 Å². The number of carbonyl (C=O) groups is 1. The number of ketones is 1. The van der Waals surface area contributed by atoms with Crippen LogP contribution >= 0.6 is 11.6 Å². The largest absolute Gasteiger partial charge is 0.385 e. The van der Waals surface area contributed by atoms with Gasteiger partial charge in [-0.2, -0.15) is 0 Å². The van der Waals surface area contributed by atoms with Crippen LogP contribution in [0.15, 0.2) is 41.1 Å². The first-order valence-electron chi connectivity index (χ1n) is 9.47. The van der Waals surface area contributed by atoms with Gasteiger partial charge in [0.2, 0.25) is 0 Å². The predicted octanol–water partition coefficient (Wildman–Crippen LogP) is 4.93. The Morgan fingerprint density at radius 1 is 1.28 bits per heavy atom. The molecule has 0 amide bonds. The van der Waals surface area contributed by atoms with Gasteiger partial charge in [0.05, 0.1) is 5.60 Å². The molecule has 134 valence electrons. The lowest BCUT2D eigenvalue weighted by molar-refractivity contribution is -0.117. The van der Waals surface area contributed by atoms with Crippen LogP contribution in [-0.2, 0) is 4.79 Å². The van der Waals surface area contributed by atoms with Crippen LogP contribution < -0.4 is 0 Å². The summed E-state index contributed by atoms with van der Waals surface area (Å²) in [5.74, 6) is 1.48. The molecule has 2 saturated carbocycles. The van der Waals surface area contributed by atoms with Crippen molar-refractivity contribution in [1.29, 1.82) is 0 Å². The van der Waals surface area contributed by atoms with E-state index in [1.165, 1.54) is 0 Å². The zero-order chi connectivity index (χ0) is 18.0. The minimum absolute atomic E-state index is 0.0132. The fraction of sp³-hybridized carbons (Fsp3) is 0.636. The van der Waals surface area contributed by atoms with Gasteiger partial charge in [-0.05, 0) is 73.0 Å². The van der Waals surface area contributed by atoms with Crippen molar-refractivity contribution in [3.05, 3.63) is 41.1 Å². The Bertz CT molecular complexity index is 743. The zero-order valence-corrected chi connectivity index (χ0v) is 15.9. The zero-order valence-electron chi connectivity index (χ0n) is 15.1. The van der Waals surface area contributed by atoms with Crippen molar-refractivity contribution in [2.24, 2.45) is 28.6 Å². The minimum atomic E-state index is -0.815. The number of hydrogen-bond acceptors (Lipinski definition) is 2. The van der Waals surface area contributed by atoms with Gasteiger partial charge >= 0.3 is 0 Å². The van der Waals surface area contributed by atoms with Crippen molar-refractivity contribution in [3.8, 4) is 0 Å². The maximum Gasteiger partial charge on any atom is 0.156 e. The van der Waals surface area contributed by atoms with Gasteiger partial charge in [-0.1, -0.05) is 38.1 Å². The molecule has 2 nitrogen and oxygen atoms in total. The van der Waals surface area contributed by atoms with Crippen LogP contribution in [0.2, 0.25) is 0 Å². The normalized spacial score (nSPS) is 48.5. The first-order valence-corrected chi connectivity index (χ1v) is 9.85. The number of aliphatic hydroxyl groups is 1. The van der Waals surface area contributed by atoms with Crippen molar-refractivity contribution < 1.29 is 9.90 Å². The summed E-state index contributed by atoms with van der Waals surface area (Å²) in [4.78, 5) is 11.9. The molecule has 0 bridgehead atoms. The second kappa shape index (κ2) is 5.46. The van der Waals surface area contributed by atoms with E-state index in [9.17, 15) is 9.90 Å². The van der Waals surface area contributed by atoms with Crippen LogP contribution in [0.5, 0.6) is 0 Å². The SMILES string of the molecule is C=C=C[C@]1(O)CC[C@H]2[C@@H]3C=C(Cl)C4=CC(=O)CC[C@]4(C)[C@H]3CC[C@@]21C. The minimum Gasteiger partial charge on any atom is -0.385 e. The Morgan fingerprint density at radius 2 is 2.00 bits per heavy atom. The summed E-state index contributed by atoms with van der Waals surface area (Å²) in [6.07, 6.45) is 11.1. The molecule has 0 aliphatic heterocycles. The highest BCUT2D eigenvalue weighted by atomic mass is 35.5. The average Bonchev–Trinajstić information content (AvgIpc) is 2.82. The number of hydrogen-bond donors (Lipinski definition) is 1. The summed E-state index contributed by atoms with van der Waals surface area (Å²) in [5, 5.41) is 12.0. The van der Waals surface area contributed by atoms with Gasteiger partial charge in [-0.25, -0.2) is 0 Å². The second-order valence-electron chi connectivity index (χ2n) is 9.01. The van der Waals surface area contributed by atoms with Gasteiger partial charge in [0.15, 0.2) is 5.78 Å². The van der Waals surface area contributed by atoms with E-state index in [2.05, 4.69) is 32.2 Å². The average molecular weight is 359 g/mol. The van der Waals surface area contributed by atoms with Crippen LogP contribution in [0, 0.1) is 28.6 Å². The molecule has 25 heavy (non-hydrogen) atoms. The molecule has 4 aliphatic rings. The van der Waals surface area contributed by atoms with Gasteiger partial charge in [0, 0.05) is 16.9 Å². The third kappa shape index (κ3) is 2.17. The molecule has 6 atom stereocenters. The molecule has 0 spiro atoms. The van der Waals surface area contributed by atoms with Crippen molar-refractivity contribution in [1.82, 2.24) is 0 Å². The summed E-state index contributed by atoms with van der Waals surface area (Å²) < 4.78 is 0. The molecule has 0 aromatic heterocycles. The van der Waals surface area contributed by atoms with Crippen LogP contribution in [0.1, 0.15) is 52.4 Å². The van der Waals surface area contributed by atoms with E-state index < -0.39 is 5.60 Å². The van der Waals surface area contributed by atoms with Crippen molar-refractivity contribution in [2.75, 3.05) is 0 Å². The molecule has 0 aromatic carbocycles. The lowest BCUT2D eigenvalue weighted by Crippen LogP contribution is -2.53. The molecule has 0 aromatic rings. The first kappa shape index (κ1) is 17.3. The molecule has 0 saturated heterocycles. The van der Waals surface area contributed by atoms with Gasteiger partial charge in [0.25, 0.3) is 0 Å². The van der Waals surface area contributed by atoms with Crippen LogP contribution in [-0.4, -0.2) is 16.5 Å². The molecule has 4 aliphatic carbocycles. The van der Waals surface area contributed by atoms with E-state index in [1.807, 2.05) is 0 Å². The molecule has 2 fully saturated rings. The lowest BCUT2D eigenvalue weighted by Gasteiger charge is -2.57. The van der Waals surface area contributed by atoms with E-state index in [0.717, 1.165) is 42.7 Å². The fourth-order valence-corrected chi connectivity index (χ4v) is 6.95. The number of halogens is 1. The van der Waals surface area contributed by atoms with E-state index >= 15 is 0 Å². The van der Waals surface area contributed by atoms with Crippen molar-refractivity contribution >= 4 is 17.4 Å². The smallest absolute Gasteiger partial charge is 0.156 e. The Hall–Kier alpha value is -1.08. The van der Waals surface area contributed by atoms with Crippen LogP contribution in [0.4, 0.5) is 0 Å². The first-order chi connectivity index (χ1) is 11.7. The summed E-state index contributed by atoms with van der Waals surface area (Å²) in [6, 6.07) is 0. The van der Waals surface area contributed by atoms with E-state index in [0.29, 0.717) is 24.2 Å². The molecule has 0 radical (unpaired) electrons. The number of carbonyl (C=O) groups excluding carboxylic acids is 1. The van der Waals surface area contributed by atoms with Gasteiger partial charge < -0.3 is 5.11 Å². The van der Waals surface area contributed by atoms with Gasteiger partial charge in [-0.3, -0.25) is 4.79 Å². The predicted molar refractivity (Wildman–Crippen MR) is 100 cm³/mol. The Morgan fingerprint density at radius 3 is 2.72 bits per heavy atom. The third-order valence-electron chi connectivity index (χ3n) is 8.11. The Balaban J connectivity index is 1.80. The standard InChI is InChI=1S/C22H27ClO2/c1-4-8-22(25)11-7-17-15-13-19(23)18-12-14(24)5-9-20(18,2)16(15)6-10-21(17,22)3/h8,12-13,15-17,25H,1,5-7,9-11H2,2-3H3/t15-,16+,17+,20-,21+,22+/m1/s1. The number of rotatable bonds is 1. The number of fused-ring (bicyclic) bond motifs is 5. The molecule has 3 heteroatoms. The van der Waals surface area contributed by atoms with E-state index in [1.54, 1.807) is 12.2 Å². The summed E-state index contributed by atoms with van der Waals surface area (Å²) in [5.41, 5.74) is 2.90. The molecule has 1 N–H and O–H groups in total. The quantitative estimate of drug-likeness (QED) is 0.674. The van der Waals surface area contributed by atoms with E-state index in [4.69, 9.17) is 11.6 Å². The monoisotopic (exact) mass is 358 g/mol. The highest BCUT2D eigenvalue weighted by Gasteiger charge is 2.63. The van der Waals surface area contributed by atoms with Crippen molar-refractivity contribution in [2.45, 2.75) is 58.0 Å². The summed E-state index contributed by atoms with van der Waals surface area (Å²) >= 11 is 6.68.